The molecule has 116 valence electrons. The predicted molar refractivity (Wildman–Crippen MR) is 89.6 cm³/mol. The Morgan fingerprint density at radius 3 is 2.67 bits per heavy atom. The van der Waals surface area contributed by atoms with E-state index in [9.17, 15) is 0 Å². The summed E-state index contributed by atoms with van der Waals surface area (Å²) in [6.07, 6.45) is 6.60. The Bertz CT molecular complexity index is 453. The molecule has 0 spiro atoms. The third kappa shape index (κ3) is 3.49. The largest absolute Gasteiger partial charge is 0.309 e. The minimum Gasteiger partial charge on any atom is -0.309 e. The van der Waals surface area contributed by atoms with Crippen LogP contribution in [0.25, 0.3) is 0 Å². The third-order valence-corrected chi connectivity index (χ3v) is 4.99. The number of nitrogens with one attached hydrogen (secondary N) is 1. The first-order valence-electron chi connectivity index (χ1n) is 8.88. The van der Waals surface area contributed by atoms with Gasteiger partial charge < -0.3 is 5.32 Å². The highest BCUT2D eigenvalue weighted by atomic mass is 15.2. The summed E-state index contributed by atoms with van der Waals surface area (Å²) in [4.78, 5) is 2.78. The Kier molecular flexibility index (Phi) is 4.97. The van der Waals surface area contributed by atoms with Crippen LogP contribution in [0.3, 0.4) is 0 Å². The zero-order valence-corrected chi connectivity index (χ0v) is 13.6. The lowest BCUT2D eigenvalue weighted by Crippen LogP contribution is -2.44. The van der Waals surface area contributed by atoms with Gasteiger partial charge >= 0.3 is 0 Å². The van der Waals surface area contributed by atoms with Crippen molar-refractivity contribution in [3.8, 4) is 0 Å². The first-order chi connectivity index (χ1) is 10.3. The van der Waals surface area contributed by atoms with Crippen molar-refractivity contribution < 1.29 is 0 Å². The lowest BCUT2D eigenvalue weighted by atomic mass is 10.0. The minimum absolute atomic E-state index is 0.534. The van der Waals surface area contributed by atoms with Gasteiger partial charge in [0.25, 0.3) is 0 Å². The molecule has 0 amide bonds. The van der Waals surface area contributed by atoms with Crippen LogP contribution >= 0.6 is 0 Å². The number of fused-ring (bicyclic) bond motifs is 1. The van der Waals surface area contributed by atoms with Crippen LogP contribution in [0.2, 0.25) is 0 Å². The molecule has 1 N–H and O–H groups in total. The van der Waals surface area contributed by atoms with Crippen LogP contribution in [-0.4, -0.2) is 30.6 Å². The quantitative estimate of drug-likeness (QED) is 0.782. The van der Waals surface area contributed by atoms with Gasteiger partial charge in [0.2, 0.25) is 0 Å². The van der Waals surface area contributed by atoms with Crippen LogP contribution in [0.4, 0.5) is 0 Å². The van der Waals surface area contributed by atoms with Gasteiger partial charge in [-0.05, 0) is 62.2 Å². The normalized spacial score (nSPS) is 24.5. The molecule has 1 aromatic carbocycles. The molecule has 0 aromatic heterocycles. The van der Waals surface area contributed by atoms with Gasteiger partial charge in [0, 0.05) is 18.6 Å². The second kappa shape index (κ2) is 6.93. The predicted octanol–water partition coefficient (Wildman–Crippen LogP) is 3.77. The molecule has 0 radical (unpaired) electrons. The fourth-order valence-electron chi connectivity index (χ4n) is 3.77. The van der Waals surface area contributed by atoms with Gasteiger partial charge in [0.1, 0.15) is 0 Å². The Morgan fingerprint density at radius 1 is 1.14 bits per heavy atom. The van der Waals surface area contributed by atoms with Gasteiger partial charge in [-0.2, -0.15) is 0 Å². The minimum atomic E-state index is 0.534. The first-order valence-corrected chi connectivity index (χ1v) is 8.88. The third-order valence-electron chi connectivity index (χ3n) is 4.99. The summed E-state index contributed by atoms with van der Waals surface area (Å²) in [5, 5.41) is 3.83. The molecular formula is C19H30N2. The van der Waals surface area contributed by atoms with Crippen LogP contribution in [0.1, 0.15) is 56.7 Å². The van der Waals surface area contributed by atoms with Crippen molar-refractivity contribution in [2.75, 3.05) is 19.6 Å². The van der Waals surface area contributed by atoms with Gasteiger partial charge in [-0.3, -0.25) is 4.90 Å². The highest BCUT2D eigenvalue weighted by molar-refractivity contribution is 5.37. The Morgan fingerprint density at radius 2 is 1.95 bits per heavy atom. The van der Waals surface area contributed by atoms with E-state index >= 15 is 0 Å². The molecule has 2 atom stereocenters. The van der Waals surface area contributed by atoms with Crippen molar-refractivity contribution in [1.29, 1.82) is 0 Å². The average Bonchev–Trinajstić information content (AvgIpc) is 3.24. The number of nitrogens with zero attached hydrogens (tertiary/aromatic N) is 1. The Labute approximate surface area is 129 Å². The summed E-state index contributed by atoms with van der Waals surface area (Å²) in [7, 11) is 0. The molecule has 1 fully saturated rings. The van der Waals surface area contributed by atoms with Crippen molar-refractivity contribution >= 4 is 0 Å². The van der Waals surface area contributed by atoms with E-state index in [0.717, 1.165) is 12.5 Å². The summed E-state index contributed by atoms with van der Waals surface area (Å²) in [6.45, 7) is 8.27. The summed E-state index contributed by atoms with van der Waals surface area (Å²) in [5.41, 5.74) is 3.11. The smallest absolute Gasteiger partial charge is 0.0484 e. The van der Waals surface area contributed by atoms with E-state index < -0.39 is 0 Å². The summed E-state index contributed by atoms with van der Waals surface area (Å²) >= 11 is 0. The number of hydrogen-bond acceptors (Lipinski definition) is 2. The van der Waals surface area contributed by atoms with Crippen LogP contribution in [-0.2, 0) is 6.42 Å². The first kappa shape index (κ1) is 15.1. The summed E-state index contributed by atoms with van der Waals surface area (Å²) in [6, 6.07) is 10.3. The second-order valence-corrected chi connectivity index (χ2v) is 6.84. The number of benzene rings is 1. The highest BCUT2D eigenvalue weighted by Crippen LogP contribution is 2.37. The molecule has 2 unspecified atom stereocenters. The fourth-order valence-corrected chi connectivity index (χ4v) is 3.77. The van der Waals surface area contributed by atoms with Crippen LogP contribution in [0, 0.1) is 5.92 Å². The lowest BCUT2D eigenvalue weighted by molar-refractivity contribution is 0.159. The molecule has 0 aliphatic heterocycles. The van der Waals surface area contributed by atoms with Crippen LogP contribution in [0.15, 0.2) is 24.3 Å². The molecule has 2 aliphatic rings. The molecule has 21 heavy (non-hydrogen) atoms. The molecule has 3 rings (SSSR count). The molecule has 1 aromatic rings. The van der Waals surface area contributed by atoms with Crippen LogP contribution < -0.4 is 5.32 Å². The van der Waals surface area contributed by atoms with Crippen molar-refractivity contribution in [3.05, 3.63) is 35.4 Å². The molecule has 2 nitrogen and oxygen atoms in total. The maximum absolute atomic E-state index is 3.83. The maximum Gasteiger partial charge on any atom is 0.0484 e. The van der Waals surface area contributed by atoms with E-state index in [4.69, 9.17) is 0 Å². The topological polar surface area (TPSA) is 15.3 Å². The lowest BCUT2D eigenvalue weighted by Gasteiger charge is -2.34. The van der Waals surface area contributed by atoms with Gasteiger partial charge in [-0.1, -0.05) is 38.1 Å². The van der Waals surface area contributed by atoms with E-state index in [1.165, 1.54) is 45.2 Å². The van der Waals surface area contributed by atoms with Gasteiger partial charge in [0.05, 0.1) is 0 Å². The number of rotatable bonds is 8. The van der Waals surface area contributed by atoms with Gasteiger partial charge in [-0.15, -0.1) is 0 Å². The van der Waals surface area contributed by atoms with Gasteiger partial charge in [0.15, 0.2) is 0 Å². The average molecular weight is 286 g/mol. The molecule has 0 heterocycles. The van der Waals surface area contributed by atoms with Crippen molar-refractivity contribution in [1.82, 2.24) is 10.2 Å². The van der Waals surface area contributed by atoms with Crippen molar-refractivity contribution in [2.45, 2.75) is 58.0 Å². The SMILES string of the molecule is CCCNC1c2ccccc2CC1N(CCC)CC1CC1. The monoisotopic (exact) mass is 286 g/mol. The van der Waals surface area contributed by atoms with E-state index in [1.54, 1.807) is 11.1 Å². The zero-order valence-electron chi connectivity index (χ0n) is 13.6. The summed E-state index contributed by atoms with van der Waals surface area (Å²) in [5.74, 6) is 0.979. The van der Waals surface area contributed by atoms with E-state index in [0.29, 0.717) is 12.1 Å². The Balaban J connectivity index is 1.78. The zero-order chi connectivity index (χ0) is 14.7. The molecule has 2 aliphatic carbocycles. The van der Waals surface area contributed by atoms with Gasteiger partial charge in [-0.25, -0.2) is 0 Å². The standard InChI is InChI=1S/C19H30N2/c1-3-11-20-19-17-8-6-5-7-16(17)13-18(19)21(12-4-2)14-15-9-10-15/h5-8,15,18-20H,3-4,9-14H2,1-2H3. The second-order valence-electron chi connectivity index (χ2n) is 6.84. The molecule has 2 heteroatoms. The molecule has 0 saturated heterocycles. The molecule has 0 bridgehead atoms. The van der Waals surface area contributed by atoms with Crippen molar-refractivity contribution in [3.63, 3.8) is 0 Å². The fraction of sp³-hybridized carbons (Fsp3) is 0.684. The van der Waals surface area contributed by atoms with Crippen LogP contribution in [0.5, 0.6) is 0 Å². The maximum atomic E-state index is 3.83. The summed E-state index contributed by atoms with van der Waals surface area (Å²) < 4.78 is 0. The highest BCUT2D eigenvalue weighted by Gasteiger charge is 2.37. The molecular weight excluding hydrogens is 256 g/mol. The van der Waals surface area contributed by atoms with Crippen molar-refractivity contribution in [2.24, 2.45) is 5.92 Å². The van der Waals surface area contributed by atoms with E-state index in [-0.39, 0.29) is 0 Å². The van der Waals surface area contributed by atoms with E-state index in [2.05, 4.69) is 48.3 Å². The molecule has 1 saturated carbocycles. The number of hydrogen-bond donors (Lipinski definition) is 1. The van der Waals surface area contributed by atoms with E-state index in [1.807, 2.05) is 0 Å². The Hall–Kier alpha value is -0.860.